The van der Waals surface area contributed by atoms with E-state index in [1.165, 1.54) is 0 Å². The van der Waals surface area contributed by atoms with Gasteiger partial charge in [0.05, 0.1) is 6.10 Å². The van der Waals surface area contributed by atoms with Gasteiger partial charge in [0, 0.05) is 13.6 Å². The Balaban J connectivity index is 3.29. The first-order valence-electron chi connectivity index (χ1n) is 3.67. The molecule has 0 rings (SSSR count). The summed E-state index contributed by atoms with van der Waals surface area (Å²) >= 11 is 0. The van der Waals surface area contributed by atoms with E-state index < -0.39 is 0 Å². The van der Waals surface area contributed by atoms with E-state index >= 15 is 0 Å². The van der Waals surface area contributed by atoms with Crippen molar-refractivity contribution in [2.24, 2.45) is 0 Å². The molecule has 1 amide bonds. The van der Waals surface area contributed by atoms with Gasteiger partial charge in [-0.1, -0.05) is 0 Å². The minimum atomic E-state index is -0.0899. The van der Waals surface area contributed by atoms with Gasteiger partial charge in [0.2, 0.25) is 5.91 Å². The third-order valence-corrected chi connectivity index (χ3v) is 1.27. The van der Waals surface area contributed by atoms with Crippen molar-refractivity contribution in [2.45, 2.75) is 13.0 Å². The molecule has 2 N–H and O–H groups in total. The van der Waals surface area contributed by atoms with E-state index in [1.807, 2.05) is 14.0 Å². The van der Waals surface area contributed by atoms with Crippen LogP contribution in [0.15, 0.2) is 0 Å². The van der Waals surface area contributed by atoms with Crippen molar-refractivity contribution in [3.63, 3.8) is 0 Å². The number of ether oxygens (including phenoxy) is 1. The second-order valence-corrected chi connectivity index (χ2v) is 2.35. The van der Waals surface area contributed by atoms with Gasteiger partial charge in [0.25, 0.3) is 0 Å². The number of amides is 1. The van der Waals surface area contributed by atoms with Crippen molar-refractivity contribution in [3.8, 4) is 0 Å². The van der Waals surface area contributed by atoms with Crippen molar-refractivity contribution < 1.29 is 9.53 Å². The molecule has 0 aromatic rings. The third-order valence-electron chi connectivity index (χ3n) is 1.27. The summed E-state index contributed by atoms with van der Waals surface area (Å²) in [5.41, 5.74) is 0. The number of likely N-dealkylation sites (N-methyl/N-ethyl adjacent to an activating group) is 2. The molecule has 0 aromatic heterocycles. The Morgan fingerprint density at radius 3 is 2.64 bits per heavy atom. The minimum Gasteiger partial charge on any atom is -0.367 e. The van der Waals surface area contributed by atoms with Crippen LogP contribution < -0.4 is 10.6 Å². The molecular weight excluding hydrogens is 144 g/mol. The Labute approximate surface area is 67.3 Å². The molecule has 4 heteroatoms. The van der Waals surface area contributed by atoms with Crippen LogP contribution in [-0.4, -0.2) is 39.3 Å². The normalized spacial score (nSPS) is 12.6. The maximum atomic E-state index is 10.7. The van der Waals surface area contributed by atoms with Gasteiger partial charge in [-0.05, 0) is 14.0 Å². The predicted molar refractivity (Wildman–Crippen MR) is 43.4 cm³/mol. The van der Waals surface area contributed by atoms with Crippen LogP contribution in [0.3, 0.4) is 0 Å². The molecule has 11 heavy (non-hydrogen) atoms. The highest BCUT2D eigenvalue weighted by molar-refractivity contribution is 5.76. The van der Waals surface area contributed by atoms with E-state index in [1.54, 1.807) is 7.05 Å². The van der Waals surface area contributed by atoms with Gasteiger partial charge in [-0.25, -0.2) is 0 Å². The molecule has 4 nitrogen and oxygen atoms in total. The van der Waals surface area contributed by atoms with Crippen molar-refractivity contribution in [3.05, 3.63) is 0 Å². The van der Waals surface area contributed by atoms with Crippen LogP contribution in [0.5, 0.6) is 0 Å². The predicted octanol–water partition coefficient (Wildman–Crippen LogP) is -0.643. The van der Waals surface area contributed by atoms with Gasteiger partial charge in [0.1, 0.15) is 6.61 Å². The second kappa shape index (κ2) is 6.12. The Morgan fingerprint density at radius 2 is 2.18 bits per heavy atom. The fourth-order valence-electron chi connectivity index (χ4n) is 0.636. The lowest BCUT2D eigenvalue weighted by molar-refractivity contribution is -0.126. The van der Waals surface area contributed by atoms with Gasteiger partial charge in [-0.3, -0.25) is 4.79 Å². The average Bonchev–Trinajstić information content (AvgIpc) is 2.01. The smallest absolute Gasteiger partial charge is 0.245 e. The van der Waals surface area contributed by atoms with Crippen LogP contribution in [0, 0.1) is 0 Å². The second-order valence-electron chi connectivity index (χ2n) is 2.35. The summed E-state index contributed by atoms with van der Waals surface area (Å²) in [6.45, 7) is 2.82. The SMILES string of the molecule is CNCC(C)OCC(=O)NC. The highest BCUT2D eigenvalue weighted by Crippen LogP contribution is 1.86. The highest BCUT2D eigenvalue weighted by Gasteiger charge is 2.02. The molecule has 0 saturated heterocycles. The zero-order chi connectivity index (χ0) is 8.69. The average molecular weight is 160 g/mol. The largest absolute Gasteiger partial charge is 0.367 e. The van der Waals surface area contributed by atoms with E-state index in [-0.39, 0.29) is 18.6 Å². The maximum absolute atomic E-state index is 10.7. The number of carbonyl (C=O) groups excluding carboxylic acids is 1. The zero-order valence-electron chi connectivity index (χ0n) is 7.31. The molecule has 0 saturated carbocycles. The number of carbonyl (C=O) groups is 1. The van der Waals surface area contributed by atoms with Crippen LogP contribution in [0.25, 0.3) is 0 Å². The quantitative estimate of drug-likeness (QED) is 0.562. The zero-order valence-corrected chi connectivity index (χ0v) is 7.31. The van der Waals surface area contributed by atoms with Crippen LogP contribution >= 0.6 is 0 Å². The van der Waals surface area contributed by atoms with Gasteiger partial charge >= 0.3 is 0 Å². The van der Waals surface area contributed by atoms with E-state index in [0.717, 1.165) is 6.54 Å². The maximum Gasteiger partial charge on any atom is 0.245 e. The molecule has 0 bridgehead atoms. The Hall–Kier alpha value is -0.610. The lowest BCUT2D eigenvalue weighted by atomic mass is 10.4. The lowest BCUT2D eigenvalue weighted by Crippen LogP contribution is -2.30. The molecule has 0 fully saturated rings. The van der Waals surface area contributed by atoms with Gasteiger partial charge < -0.3 is 15.4 Å². The first-order chi connectivity index (χ1) is 5.20. The monoisotopic (exact) mass is 160 g/mol. The van der Waals surface area contributed by atoms with E-state index in [4.69, 9.17) is 4.74 Å². The summed E-state index contributed by atoms with van der Waals surface area (Å²) in [5, 5.41) is 5.43. The third kappa shape index (κ3) is 5.82. The van der Waals surface area contributed by atoms with Crippen LogP contribution in [0.2, 0.25) is 0 Å². The molecule has 1 atom stereocenters. The van der Waals surface area contributed by atoms with Crippen molar-refractivity contribution in [1.29, 1.82) is 0 Å². The molecule has 0 heterocycles. The van der Waals surface area contributed by atoms with E-state index in [9.17, 15) is 4.79 Å². The number of rotatable bonds is 5. The van der Waals surface area contributed by atoms with Crippen molar-refractivity contribution in [1.82, 2.24) is 10.6 Å². The van der Waals surface area contributed by atoms with Gasteiger partial charge in [-0.15, -0.1) is 0 Å². The summed E-state index contributed by atoms with van der Waals surface area (Å²) < 4.78 is 5.16. The lowest BCUT2D eigenvalue weighted by Gasteiger charge is -2.10. The fraction of sp³-hybridized carbons (Fsp3) is 0.857. The number of hydrogen-bond donors (Lipinski definition) is 2. The minimum absolute atomic E-state index is 0.0808. The summed E-state index contributed by atoms with van der Waals surface area (Å²) in [6, 6.07) is 0. The summed E-state index contributed by atoms with van der Waals surface area (Å²) in [6.07, 6.45) is 0.0808. The molecule has 0 aromatic carbocycles. The van der Waals surface area contributed by atoms with E-state index in [2.05, 4.69) is 10.6 Å². The van der Waals surface area contributed by atoms with Crippen LogP contribution in [0.1, 0.15) is 6.92 Å². The molecule has 1 unspecified atom stereocenters. The standard InChI is InChI=1S/C7H16N2O2/c1-6(4-8-2)11-5-7(10)9-3/h6,8H,4-5H2,1-3H3,(H,9,10). The van der Waals surface area contributed by atoms with Gasteiger partial charge in [-0.2, -0.15) is 0 Å². The summed E-state index contributed by atoms with van der Waals surface area (Å²) in [4.78, 5) is 10.7. The molecular formula is C7H16N2O2. The van der Waals surface area contributed by atoms with Crippen molar-refractivity contribution >= 4 is 5.91 Å². The molecule has 66 valence electrons. The summed E-state index contributed by atoms with van der Waals surface area (Å²) in [7, 11) is 3.44. The summed E-state index contributed by atoms with van der Waals surface area (Å²) in [5.74, 6) is -0.0899. The van der Waals surface area contributed by atoms with Crippen molar-refractivity contribution in [2.75, 3.05) is 27.2 Å². The van der Waals surface area contributed by atoms with Crippen LogP contribution in [0.4, 0.5) is 0 Å². The van der Waals surface area contributed by atoms with Gasteiger partial charge in [0.15, 0.2) is 0 Å². The highest BCUT2D eigenvalue weighted by atomic mass is 16.5. The topological polar surface area (TPSA) is 50.4 Å². The first-order valence-corrected chi connectivity index (χ1v) is 3.67. The Kier molecular flexibility index (Phi) is 5.78. The molecule has 0 aliphatic heterocycles. The number of hydrogen-bond acceptors (Lipinski definition) is 3. The molecule has 0 spiro atoms. The van der Waals surface area contributed by atoms with Crippen LogP contribution in [-0.2, 0) is 9.53 Å². The fourth-order valence-corrected chi connectivity index (χ4v) is 0.636. The molecule has 0 aliphatic carbocycles. The Bertz CT molecular complexity index is 117. The first kappa shape index (κ1) is 10.4. The number of nitrogens with one attached hydrogen (secondary N) is 2. The molecule has 0 radical (unpaired) electrons. The molecule has 0 aliphatic rings. The van der Waals surface area contributed by atoms with E-state index in [0.29, 0.717) is 0 Å². The Morgan fingerprint density at radius 1 is 1.55 bits per heavy atom.